The molecule has 1 aromatic carbocycles. The fraction of sp³-hybridized carbons (Fsp3) is 0.571. The normalized spacial score (nSPS) is 14.9. The van der Waals surface area contributed by atoms with Crippen molar-refractivity contribution in [1.82, 2.24) is 4.90 Å². The van der Waals surface area contributed by atoms with E-state index in [4.69, 9.17) is 5.73 Å². The molecule has 0 radical (unpaired) electrons. The predicted octanol–water partition coefficient (Wildman–Crippen LogP) is 2.63. The van der Waals surface area contributed by atoms with Crippen LogP contribution >= 0.6 is 0 Å². The van der Waals surface area contributed by atoms with Gasteiger partial charge in [-0.2, -0.15) is 0 Å². The van der Waals surface area contributed by atoms with Gasteiger partial charge in [-0.25, -0.2) is 4.39 Å². The van der Waals surface area contributed by atoms with Crippen LogP contribution in [0.5, 0.6) is 0 Å². The molecule has 0 aliphatic rings. The van der Waals surface area contributed by atoms with Crippen LogP contribution in [0.1, 0.15) is 25.8 Å². The van der Waals surface area contributed by atoms with E-state index in [0.717, 1.165) is 18.5 Å². The molecular formula is C14H23FN2. The number of rotatable bonds is 6. The molecule has 2 N–H and O–H groups in total. The van der Waals surface area contributed by atoms with Crippen LogP contribution in [0.25, 0.3) is 0 Å². The van der Waals surface area contributed by atoms with Crippen molar-refractivity contribution < 1.29 is 4.39 Å². The standard InChI is InChI=1S/C14H23FN2/c1-4-14(2,10-16)11-17(3)9-12-7-5-6-8-13(12)15/h5-8H,4,9-11,16H2,1-3H3. The summed E-state index contributed by atoms with van der Waals surface area (Å²) < 4.78 is 13.5. The predicted molar refractivity (Wildman–Crippen MR) is 70.2 cm³/mol. The molecule has 1 unspecified atom stereocenters. The Balaban J connectivity index is 2.61. The van der Waals surface area contributed by atoms with E-state index in [2.05, 4.69) is 18.7 Å². The maximum Gasteiger partial charge on any atom is 0.127 e. The molecule has 0 saturated carbocycles. The third kappa shape index (κ3) is 4.10. The molecule has 0 aliphatic heterocycles. The smallest absolute Gasteiger partial charge is 0.127 e. The zero-order valence-electron chi connectivity index (χ0n) is 11.0. The van der Waals surface area contributed by atoms with Gasteiger partial charge in [0.05, 0.1) is 0 Å². The van der Waals surface area contributed by atoms with E-state index in [-0.39, 0.29) is 11.2 Å². The van der Waals surface area contributed by atoms with Crippen LogP contribution in [-0.4, -0.2) is 25.0 Å². The van der Waals surface area contributed by atoms with Gasteiger partial charge in [0, 0.05) is 18.7 Å². The summed E-state index contributed by atoms with van der Waals surface area (Å²) in [5, 5.41) is 0. The van der Waals surface area contributed by atoms with Crippen molar-refractivity contribution in [2.24, 2.45) is 11.1 Å². The van der Waals surface area contributed by atoms with Gasteiger partial charge in [0.2, 0.25) is 0 Å². The topological polar surface area (TPSA) is 29.3 Å². The van der Waals surface area contributed by atoms with E-state index < -0.39 is 0 Å². The molecular weight excluding hydrogens is 215 g/mol. The second-order valence-corrected chi connectivity index (χ2v) is 5.13. The van der Waals surface area contributed by atoms with Gasteiger partial charge in [0.25, 0.3) is 0 Å². The lowest BCUT2D eigenvalue weighted by molar-refractivity contribution is 0.185. The summed E-state index contributed by atoms with van der Waals surface area (Å²) in [4.78, 5) is 2.13. The van der Waals surface area contributed by atoms with Gasteiger partial charge >= 0.3 is 0 Å². The quantitative estimate of drug-likeness (QED) is 0.825. The highest BCUT2D eigenvalue weighted by Gasteiger charge is 2.22. The van der Waals surface area contributed by atoms with E-state index in [0.29, 0.717) is 13.1 Å². The largest absolute Gasteiger partial charge is 0.330 e. The molecule has 0 bridgehead atoms. The van der Waals surface area contributed by atoms with Gasteiger partial charge in [0.15, 0.2) is 0 Å². The summed E-state index contributed by atoms with van der Waals surface area (Å²) in [6.07, 6.45) is 1.03. The fourth-order valence-electron chi connectivity index (χ4n) is 1.95. The van der Waals surface area contributed by atoms with Crippen LogP contribution in [0.3, 0.4) is 0 Å². The van der Waals surface area contributed by atoms with Crippen molar-refractivity contribution >= 4 is 0 Å². The lowest BCUT2D eigenvalue weighted by Crippen LogP contribution is -2.38. The minimum Gasteiger partial charge on any atom is -0.330 e. The van der Waals surface area contributed by atoms with Crippen molar-refractivity contribution in [3.05, 3.63) is 35.6 Å². The van der Waals surface area contributed by atoms with Gasteiger partial charge in [-0.3, -0.25) is 0 Å². The molecule has 0 heterocycles. The first-order valence-corrected chi connectivity index (χ1v) is 6.13. The number of hydrogen-bond donors (Lipinski definition) is 1. The average Bonchev–Trinajstić information content (AvgIpc) is 2.32. The Morgan fingerprint density at radius 3 is 2.53 bits per heavy atom. The second kappa shape index (κ2) is 6.12. The average molecular weight is 238 g/mol. The molecule has 1 aromatic rings. The maximum atomic E-state index is 13.5. The fourth-order valence-corrected chi connectivity index (χ4v) is 1.95. The first-order valence-electron chi connectivity index (χ1n) is 6.13. The second-order valence-electron chi connectivity index (χ2n) is 5.13. The molecule has 0 spiro atoms. The Morgan fingerprint density at radius 2 is 2.00 bits per heavy atom. The first kappa shape index (κ1) is 14.1. The van der Waals surface area contributed by atoms with Crippen molar-refractivity contribution in [2.45, 2.75) is 26.8 Å². The summed E-state index contributed by atoms with van der Waals surface area (Å²) in [6, 6.07) is 6.92. The zero-order chi connectivity index (χ0) is 12.9. The highest BCUT2D eigenvalue weighted by atomic mass is 19.1. The molecule has 17 heavy (non-hydrogen) atoms. The molecule has 0 saturated heterocycles. The minimum atomic E-state index is -0.134. The van der Waals surface area contributed by atoms with Gasteiger partial charge in [-0.15, -0.1) is 0 Å². The van der Waals surface area contributed by atoms with Gasteiger partial charge in [-0.05, 0) is 31.5 Å². The summed E-state index contributed by atoms with van der Waals surface area (Å²) in [7, 11) is 2.01. The molecule has 1 rings (SSSR count). The van der Waals surface area contributed by atoms with Crippen LogP contribution in [0.4, 0.5) is 4.39 Å². The van der Waals surface area contributed by atoms with Crippen molar-refractivity contribution in [1.29, 1.82) is 0 Å². The lowest BCUT2D eigenvalue weighted by Gasteiger charge is -2.31. The van der Waals surface area contributed by atoms with Crippen LogP contribution in [0.2, 0.25) is 0 Å². The van der Waals surface area contributed by atoms with Gasteiger partial charge < -0.3 is 10.6 Å². The molecule has 0 aromatic heterocycles. The highest BCUT2D eigenvalue weighted by molar-refractivity contribution is 5.17. The molecule has 2 nitrogen and oxygen atoms in total. The van der Waals surface area contributed by atoms with Crippen molar-refractivity contribution in [3.8, 4) is 0 Å². The van der Waals surface area contributed by atoms with Crippen LogP contribution in [-0.2, 0) is 6.54 Å². The number of halogens is 1. The SMILES string of the molecule is CCC(C)(CN)CN(C)Cc1ccccc1F. The maximum absolute atomic E-state index is 13.5. The van der Waals surface area contributed by atoms with E-state index in [1.807, 2.05) is 19.2 Å². The van der Waals surface area contributed by atoms with Crippen LogP contribution < -0.4 is 5.73 Å². The van der Waals surface area contributed by atoms with Gasteiger partial charge in [-0.1, -0.05) is 32.0 Å². The zero-order valence-corrected chi connectivity index (χ0v) is 11.0. The van der Waals surface area contributed by atoms with E-state index in [1.165, 1.54) is 6.07 Å². The van der Waals surface area contributed by atoms with Crippen LogP contribution in [0, 0.1) is 11.2 Å². The number of nitrogens with two attached hydrogens (primary N) is 1. The van der Waals surface area contributed by atoms with E-state index in [1.54, 1.807) is 6.07 Å². The van der Waals surface area contributed by atoms with E-state index in [9.17, 15) is 4.39 Å². The lowest BCUT2D eigenvalue weighted by atomic mass is 9.87. The Bertz CT molecular complexity index is 348. The summed E-state index contributed by atoms with van der Waals surface area (Å²) in [5.41, 5.74) is 6.64. The Labute approximate surface area is 104 Å². The molecule has 0 aliphatic carbocycles. The third-order valence-corrected chi connectivity index (χ3v) is 3.40. The molecule has 1 atom stereocenters. The third-order valence-electron chi connectivity index (χ3n) is 3.40. The number of nitrogens with zero attached hydrogens (tertiary/aromatic N) is 1. The monoisotopic (exact) mass is 238 g/mol. The van der Waals surface area contributed by atoms with Gasteiger partial charge in [0.1, 0.15) is 5.82 Å². The Hall–Kier alpha value is -0.930. The molecule has 0 amide bonds. The van der Waals surface area contributed by atoms with E-state index >= 15 is 0 Å². The number of hydrogen-bond acceptors (Lipinski definition) is 2. The first-order chi connectivity index (χ1) is 8.00. The Morgan fingerprint density at radius 1 is 1.35 bits per heavy atom. The summed E-state index contributed by atoms with van der Waals surface area (Å²) in [6.45, 7) is 6.48. The summed E-state index contributed by atoms with van der Waals surface area (Å²) >= 11 is 0. The van der Waals surface area contributed by atoms with Crippen molar-refractivity contribution in [3.63, 3.8) is 0 Å². The molecule has 3 heteroatoms. The molecule has 96 valence electrons. The van der Waals surface area contributed by atoms with Crippen LogP contribution in [0.15, 0.2) is 24.3 Å². The summed E-state index contributed by atoms with van der Waals surface area (Å²) in [5.74, 6) is -0.134. The number of benzene rings is 1. The molecule has 0 fully saturated rings. The minimum absolute atomic E-state index is 0.111. The Kier molecular flexibility index (Phi) is 5.09. The van der Waals surface area contributed by atoms with Crippen molar-refractivity contribution in [2.75, 3.05) is 20.1 Å². The highest BCUT2D eigenvalue weighted by Crippen LogP contribution is 2.21.